The number of aromatic carboxylic acids is 1. The molecule has 106 valence electrons. The molecule has 0 spiro atoms. The van der Waals surface area contributed by atoms with Crippen molar-refractivity contribution < 1.29 is 15.0 Å². The quantitative estimate of drug-likeness (QED) is 0.677. The summed E-state index contributed by atoms with van der Waals surface area (Å²) < 4.78 is 1.52. The van der Waals surface area contributed by atoms with E-state index in [0.717, 1.165) is 12.8 Å². The Morgan fingerprint density at radius 1 is 1.47 bits per heavy atom. The summed E-state index contributed by atoms with van der Waals surface area (Å²) in [6.45, 7) is 1.50. The molecule has 1 aromatic heterocycles. The summed E-state index contributed by atoms with van der Waals surface area (Å²) in [4.78, 5) is 10.7. The van der Waals surface area contributed by atoms with Crippen molar-refractivity contribution in [3.8, 4) is 0 Å². The Labute approximate surface area is 111 Å². The first-order chi connectivity index (χ1) is 9.20. The molecule has 7 nitrogen and oxygen atoms in total. The van der Waals surface area contributed by atoms with E-state index in [4.69, 9.17) is 5.11 Å². The number of carbonyl (C=O) groups is 1. The molecule has 0 aliphatic heterocycles. The van der Waals surface area contributed by atoms with Crippen LogP contribution in [0.25, 0.3) is 0 Å². The van der Waals surface area contributed by atoms with Crippen LogP contribution in [0.5, 0.6) is 0 Å². The lowest BCUT2D eigenvalue weighted by Crippen LogP contribution is -2.41. The van der Waals surface area contributed by atoms with Crippen molar-refractivity contribution in [2.45, 2.75) is 38.3 Å². The van der Waals surface area contributed by atoms with Crippen LogP contribution < -0.4 is 5.32 Å². The van der Waals surface area contributed by atoms with Gasteiger partial charge in [0.2, 0.25) is 0 Å². The van der Waals surface area contributed by atoms with Crippen molar-refractivity contribution in [2.24, 2.45) is 5.92 Å². The molecule has 1 heterocycles. The molecule has 0 bridgehead atoms. The van der Waals surface area contributed by atoms with Gasteiger partial charge in [-0.2, -0.15) is 0 Å². The average molecular weight is 268 g/mol. The van der Waals surface area contributed by atoms with E-state index >= 15 is 0 Å². The lowest BCUT2D eigenvalue weighted by atomic mass is 9.85. The van der Waals surface area contributed by atoms with E-state index < -0.39 is 5.97 Å². The number of aliphatic hydroxyl groups is 1. The van der Waals surface area contributed by atoms with Crippen LogP contribution in [0, 0.1) is 5.92 Å². The predicted octanol–water partition coefficient (Wildman–Crippen LogP) is 0.117. The van der Waals surface area contributed by atoms with Crippen molar-refractivity contribution in [1.29, 1.82) is 0 Å². The van der Waals surface area contributed by atoms with Gasteiger partial charge < -0.3 is 15.5 Å². The highest BCUT2D eigenvalue weighted by Crippen LogP contribution is 2.23. The largest absolute Gasteiger partial charge is 0.476 e. The van der Waals surface area contributed by atoms with Crippen LogP contribution in [0.15, 0.2) is 6.20 Å². The van der Waals surface area contributed by atoms with E-state index in [1.165, 1.54) is 23.7 Å². The van der Waals surface area contributed by atoms with Crippen molar-refractivity contribution in [1.82, 2.24) is 20.3 Å². The number of carboxylic acids is 1. The molecule has 2 unspecified atom stereocenters. The Hall–Kier alpha value is -1.47. The topological polar surface area (TPSA) is 100 Å². The Balaban J connectivity index is 1.77. The molecule has 1 fully saturated rings. The molecular formula is C12H20N4O3. The molecule has 19 heavy (non-hydrogen) atoms. The summed E-state index contributed by atoms with van der Waals surface area (Å²) in [5, 5.41) is 28.8. The van der Waals surface area contributed by atoms with Gasteiger partial charge in [-0.25, -0.2) is 4.79 Å². The van der Waals surface area contributed by atoms with Gasteiger partial charge >= 0.3 is 5.97 Å². The highest BCUT2D eigenvalue weighted by molar-refractivity contribution is 5.84. The van der Waals surface area contributed by atoms with Gasteiger partial charge in [0, 0.05) is 19.2 Å². The number of nitrogens with one attached hydrogen (secondary N) is 1. The molecule has 1 aromatic rings. The number of nitrogens with zero attached hydrogens (tertiary/aromatic N) is 3. The highest BCUT2D eigenvalue weighted by atomic mass is 16.4. The maximum Gasteiger partial charge on any atom is 0.358 e. The Morgan fingerprint density at radius 3 is 2.95 bits per heavy atom. The number of hydrogen-bond donors (Lipinski definition) is 3. The van der Waals surface area contributed by atoms with Crippen LogP contribution in [-0.2, 0) is 6.54 Å². The fourth-order valence-electron chi connectivity index (χ4n) is 2.57. The molecule has 1 aliphatic carbocycles. The summed E-state index contributed by atoms with van der Waals surface area (Å²) in [5.74, 6) is -0.731. The summed E-state index contributed by atoms with van der Waals surface area (Å²) in [5.41, 5.74) is -0.0362. The maximum absolute atomic E-state index is 10.7. The SMILES string of the molecule is O=C(O)c1cn(CCNC2CCCCC2CO)nn1. The summed E-state index contributed by atoms with van der Waals surface area (Å²) in [7, 11) is 0. The molecule has 2 atom stereocenters. The number of aromatic nitrogens is 3. The first kappa shape index (κ1) is 14.0. The molecule has 0 aromatic carbocycles. The number of carboxylic acid groups (broad SMARTS) is 1. The Kier molecular flexibility index (Phi) is 4.86. The smallest absolute Gasteiger partial charge is 0.358 e. The summed E-state index contributed by atoms with van der Waals surface area (Å²) in [6, 6.07) is 0.348. The fourth-order valence-corrected chi connectivity index (χ4v) is 2.57. The second-order valence-corrected chi connectivity index (χ2v) is 4.96. The monoisotopic (exact) mass is 268 g/mol. The van der Waals surface area contributed by atoms with Crippen molar-refractivity contribution in [3.63, 3.8) is 0 Å². The predicted molar refractivity (Wildman–Crippen MR) is 67.8 cm³/mol. The molecule has 7 heteroatoms. The van der Waals surface area contributed by atoms with Gasteiger partial charge in [0.05, 0.1) is 12.7 Å². The van der Waals surface area contributed by atoms with E-state index in [9.17, 15) is 9.90 Å². The lowest BCUT2D eigenvalue weighted by molar-refractivity contribution is 0.0690. The summed E-state index contributed by atoms with van der Waals surface area (Å²) in [6.07, 6.45) is 5.97. The average Bonchev–Trinajstić information content (AvgIpc) is 2.88. The normalized spacial score (nSPS) is 23.4. The van der Waals surface area contributed by atoms with E-state index in [2.05, 4.69) is 15.6 Å². The van der Waals surface area contributed by atoms with Crippen LogP contribution in [0.2, 0.25) is 0 Å². The molecule has 0 radical (unpaired) electrons. The van der Waals surface area contributed by atoms with Gasteiger partial charge in [-0.15, -0.1) is 5.10 Å². The second kappa shape index (κ2) is 6.63. The van der Waals surface area contributed by atoms with Crippen molar-refractivity contribution >= 4 is 5.97 Å². The van der Waals surface area contributed by atoms with Crippen LogP contribution in [-0.4, -0.2) is 50.4 Å². The Morgan fingerprint density at radius 2 is 2.26 bits per heavy atom. The lowest BCUT2D eigenvalue weighted by Gasteiger charge is -2.31. The first-order valence-electron chi connectivity index (χ1n) is 6.68. The minimum atomic E-state index is -1.06. The third-order valence-corrected chi connectivity index (χ3v) is 3.65. The third-order valence-electron chi connectivity index (χ3n) is 3.65. The standard InChI is InChI=1S/C12H20N4O3/c17-8-9-3-1-2-4-10(9)13-5-6-16-7-11(12(18)19)14-15-16/h7,9-10,13,17H,1-6,8H2,(H,18,19). The van der Waals surface area contributed by atoms with Crippen LogP contribution in [0.1, 0.15) is 36.2 Å². The third kappa shape index (κ3) is 3.74. The minimum Gasteiger partial charge on any atom is -0.476 e. The second-order valence-electron chi connectivity index (χ2n) is 4.96. The van der Waals surface area contributed by atoms with E-state index in [1.807, 2.05) is 0 Å². The van der Waals surface area contributed by atoms with Gasteiger partial charge in [-0.1, -0.05) is 18.1 Å². The fraction of sp³-hybridized carbons (Fsp3) is 0.750. The van der Waals surface area contributed by atoms with E-state index in [-0.39, 0.29) is 12.3 Å². The molecular weight excluding hydrogens is 248 g/mol. The first-order valence-corrected chi connectivity index (χ1v) is 6.68. The van der Waals surface area contributed by atoms with Gasteiger partial charge in [0.1, 0.15) is 0 Å². The van der Waals surface area contributed by atoms with Crippen LogP contribution in [0.4, 0.5) is 0 Å². The zero-order chi connectivity index (χ0) is 13.7. The highest BCUT2D eigenvalue weighted by Gasteiger charge is 2.23. The molecule has 1 saturated carbocycles. The van der Waals surface area contributed by atoms with Gasteiger partial charge in [-0.05, 0) is 18.8 Å². The molecule has 0 amide bonds. The number of rotatable bonds is 6. The van der Waals surface area contributed by atoms with E-state index in [1.54, 1.807) is 0 Å². The maximum atomic E-state index is 10.7. The van der Waals surface area contributed by atoms with Crippen LogP contribution in [0.3, 0.4) is 0 Å². The van der Waals surface area contributed by atoms with Gasteiger partial charge in [-0.3, -0.25) is 4.68 Å². The molecule has 1 aliphatic rings. The zero-order valence-electron chi connectivity index (χ0n) is 10.8. The van der Waals surface area contributed by atoms with Crippen LogP contribution >= 0.6 is 0 Å². The Bertz CT molecular complexity index is 421. The van der Waals surface area contributed by atoms with E-state index in [0.29, 0.717) is 25.0 Å². The summed E-state index contributed by atoms with van der Waals surface area (Å²) >= 11 is 0. The van der Waals surface area contributed by atoms with Gasteiger partial charge in [0.15, 0.2) is 5.69 Å². The number of hydrogen-bond acceptors (Lipinski definition) is 5. The molecule has 0 saturated heterocycles. The van der Waals surface area contributed by atoms with Gasteiger partial charge in [0.25, 0.3) is 0 Å². The van der Waals surface area contributed by atoms with Crippen molar-refractivity contribution in [2.75, 3.05) is 13.2 Å². The molecule has 3 N–H and O–H groups in total. The van der Waals surface area contributed by atoms with Crippen molar-refractivity contribution in [3.05, 3.63) is 11.9 Å². The zero-order valence-corrected chi connectivity index (χ0v) is 10.8. The minimum absolute atomic E-state index is 0.0362. The number of aliphatic hydroxyl groups excluding tert-OH is 1. The molecule has 2 rings (SSSR count).